The van der Waals surface area contributed by atoms with E-state index in [1.807, 2.05) is 76.5 Å². The van der Waals surface area contributed by atoms with Crippen LogP contribution in [0.4, 0.5) is 5.69 Å². The minimum Gasteiger partial charge on any atom is -0.391 e. The summed E-state index contributed by atoms with van der Waals surface area (Å²) in [4.78, 5) is 47.6. The van der Waals surface area contributed by atoms with E-state index in [2.05, 4.69) is 20.9 Å². The number of nitrogens with zero attached hydrogens (tertiary/aromatic N) is 2. The van der Waals surface area contributed by atoms with Crippen molar-refractivity contribution >= 4 is 34.7 Å². The summed E-state index contributed by atoms with van der Waals surface area (Å²) >= 11 is 1.59. The predicted molar refractivity (Wildman–Crippen MR) is 164 cm³/mol. The number of aliphatic hydroxyl groups excluding tert-OH is 1. The fourth-order valence-electron chi connectivity index (χ4n) is 5.66. The molecule has 2 unspecified atom stereocenters. The summed E-state index contributed by atoms with van der Waals surface area (Å²) < 4.78 is 0. The molecule has 2 aromatic carbocycles. The number of likely N-dealkylation sites (tertiary alicyclic amines) is 1. The van der Waals surface area contributed by atoms with Gasteiger partial charge in [0.05, 0.1) is 28.2 Å². The van der Waals surface area contributed by atoms with Gasteiger partial charge in [0.2, 0.25) is 11.8 Å². The highest BCUT2D eigenvalue weighted by Gasteiger charge is 2.44. The topological polar surface area (TPSA) is 124 Å². The molecule has 0 saturated carbocycles. The van der Waals surface area contributed by atoms with Crippen molar-refractivity contribution in [1.82, 2.24) is 20.5 Å². The zero-order valence-electron chi connectivity index (χ0n) is 24.7. The molecule has 0 spiro atoms. The molecule has 222 valence electrons. The van der Waals surface area contributed by atoms with E-state index < -0.39 is 23.6 Å². The number of β-amino-alcohol motifs (C(OH)–C–C–N with tert-alkyl or cyclic N) is 1. The first-order chi connectivity index (χ1) is 19.9. The van der Waals surface area contributed by atoms with Crippen LogP contribution in [0.3, 0.4) is 0 Å². The molecule has 2 aliphatic rings. The van der Waals surface area contributed by atoms with Crippen LogP contribution in [-0.4, -0.2) is 64.0 Å². The van der Waals surface area contributed by atoms with Gasteiger partial charge in [-0.15, -0.1) is 11.3 Å². The summed E-state index contributed by atoms with van der Waals surface area (Å²) in [5.74, 6) is -1.08. The maximum absolute atomic E-state index is 13.9. The minimum absolute atomic E-state index is 0.0272. The Balaban J connectivity index is 1.28. The summed E-state index contributed by atoms with van der Waals surface area (Å²) in [6, 6.07) is 11.4. The van der Waals surface area contributed by atoms with Crippen molar-refractivity contribution in [3.05, 3.63) is 70.4 Å². The molecule has 3 aromatic rings. The van der Waals surface area contributed by atoms with E-state index >= 15 is 0 Å². The van der Waals surface area contributed by atoms with Crippen LogP contribution < -0.4 is 16.0 Å². The third-order valence-electron chi connectivity index (χ3n) is 8.11. The summed E-state index contributed by atoms with van der Waals surface area (Å²) in [5, 5.41) is 19.8. The highest BCUT2D eigenvalue weighted by molar-refractivity contribution is 7.13. The number of aliphatic hydroxyl groups is 1. The molecule has 1 fully saturated rings. The number of hydrogen-bond acceptors (Lipinski definition) is 7. The van der Waals surface area contributed by atoms with Crippen LogP contribution >= 0.6 is 11.3 Å². The van der Waals surface area contributed by atoms with E-state index in [-0.39, 0.29) is 36.7 Å². The van der Waals surface area contributed by atoms with Crippen LogP contribution in [0.5, 0.6) is 0 Å². The molecule has 3 amide bonds. The number of hydrogen-bond donors (Lipinski definition) is 4. The molecule has 9 nitrogen and oxygen atoms in total. The molecular weight excluding hydrogens is 550 g/mol. The third-order valence-corrected chi connectivity index (χ3v) is 9.09. The number of carbonyl (C=O) groups is 3. The van der Waals surface area contributed by atoms with E-state index in [1.54, 1.807) is 17.4 Å². The summed E-state index contributed by atoms with van der Waals surface area (Å²) in [6.07, 6.45) is 0.216. The fourth-order valence-corrected chi connectivity index (χ4v) is 6.47. The molecule has 0 radical (unpaired) electrons. The molecule has 4 atom stereocenters. The van der Waals surface area contributed by atoms with Gasteiger partial charge in [-0.25, -0.2) is 4.98 Å². The summed E-state index contributed by atoms with van der Waals surface area (Å²) in [7, 11) is 0. The molecule has 10 heteroatoms. The van der Waals surface area contributed by atoms with Crippen LogP contribution in [0.1, 0.15) is 67.3 Å². The molecule has 0 aliphatic carbocycles. The Hall–Kier alpha value is -3.76. The van der Waals surface area contributed by atoms with E-state index in [1.165, 1.54) is 4.90 Å². The van der Waals surface area contributed by atoms with Gasteiger partial charge in [0.15, 0.2) is 0 Å². The third kappa shape index (κ3) is 6.19. The lowest BCUT2D eigenvalue weighted by Crippen LogP contribution is -2.57. The fraction of sp³-hybridized carbons (Fsp3) is 0.438. The Bertz CT molecular complexity index is 1480. The maximum Gasteiger partial charge on any atom is 0.252 e. The number of amides is 3. The Labute approximate surface area is 250 Å². The van der Waals surface area contributed by atoms with Gasteiger partial charge < -0.3 is 26.0 Å². The smallest absolute Gasteiger partial charge is 0.252 e. The Kier molecular flexibility index (Phi) is 8.39. The Morgan fingerprint density at radius 1 is 1.12 bits per heavy atom. The monoisotopic (exact) mass is 589 g/mol. The van der Waals surface area contributed by atoms with Crippen molar-refractivity contribution in [2.75, 3.05) is 18.4 Å². The molecule has 4 N–H and O–H groups in total. The first-order valence-electron chi connectivity index (χ1n) is 14.4. The number of benzene rings is 2. The molecule has 42 heavy (non-hydrogen) atoms. The Morgan fingerprint density at radius 2 is 1.86 bits per heavy atom. The van der Waals surface area contributed by atoms with Crippen LogP contribution in [0.25, 0.3) is 10.4 Å². The second-order valence-corrected chi connectivity index (χ2v) is 13.2. The molecule has 0 bridgehead atoms. The largest absolute Gasteiger partial charge is 0.391 e. The lowest BCUT2D eigenvalue weighted by molar-refractivity contribution is -0.142. The second-order valence-electron chi connectivity index (χ2n) is 12.3. The van der Waals surface area contributed by atoms with Crippen molar-refractivity contribution in [2.24, 2.45) is 5.41 Å². The van der Waals surface area contributed by atoms with E-state index in [0.717, 1.165) is 45.9 Å². The van der Waals surface area contributed by atoms with Gasteiger partial charge in [-0.2, -0.15) is 0 Å². The first kappa shape index (κ1) is 29.7. The van der Waals surface area contributed by atoms with Gasteiger partial charge in [0, 0.05) is 30.8 Å². The van der Waals surface area contributed by atoms with E-state index in [9.17, 15) is 19.5 Å². The predicted octanol–water partition coefficient (Wildman–Crippen LogP) is 4.07. The van der Waals surface area contributed by atoms with Gasteiger partial charge in [-0.3, -0.25) is 14.4 Å². The summed E-state index contributed by atoms with van der Waals surface area (Å²) in [5.41, 5.74) is 6.72. The average molecular weight is 590 g/mol. The van der Waals surface area contributed by atoms with Crippen molar-refractivity contribution in [3.8, 4) is 10.4 Å². The number of rotatable bonds is 7. The number of anilines is 1. The number of aromatic nitrogens is 1. The molecule has 1 saturated heterocycles. The van der Waals surface area contributed by atoms with E-state index in [4.69, 9.17) is 0 Å². The first-order valence-corrected chi connectivity index (χ1v) is 15.3. The highest BCUT2D eigenvalue weighted by Crippen LogP contribution is 2.30. The van der Waals surface area contributed by atoms with Crippen molar-refractivity contribution in [3.63, 3.8) is 0 Å². The van der Waals surface area contributed by atoms with Gasteiger partial charge in [-0.05, 0) is 54.5 Å². The molecule has 2 aliphatic heterocycles. The van der Waals surface area contributed by atoms with Crippen LogP contribution in [0.15, 0.2) is 48.0 Å². The number of aryl methyl sites for hydroxylation is 1. The lowest BCUT2D eigenvalue weighted by Gasteiger charge is -2.35. The number of carbonyl (C=O) groups excluding carboxylic acids is 3. The number of fused-ring (bicyclic) bond motifs is 1. The Morgan fingerprint density at radius 3 is 2.52 bits per heavy atom. The highest BCUT2D eigenvalue weighted by atomic mass is 32.1. The van der Waals surface area contributed by atoms with Crippen LogP contribution in [-0.2, 0) is 16.0 Å². The lowest BCUT2D eigenvalue weighted by atomic mass is 9.85. The summed E-state index contributed by atoms with van der Waals surface area (Å²) in [6.45, 7) is 10.4. The maximum atomic E-state index is 13.9. The van der Waals surface area contributed by atoms with Gasteiger partial charge >= 0.3 is 0 Å². The van der Waals surface area contributed by atoms with Crippen LogP contribution in [0, 0.1) is 12.3 Å². The number of thiazole rings is 1. The van der Waals surface area contributed by atoms with E-state index in [0.29, 0.717) is 5.56 Å². The van der Waals surface area contributed by atoms with Crippen molar-refractivity contribution in [1.29, 1.82) is 0 Å². The molecule has 5 rings (SSSR count). The standard InChI is InChI=1S/C32H39N5O4S/c1-18(20-6-9-22(10-7-20)27-19(2)34-17-42-27)35-30(40)26-15-24(38)16-37(26)31(41)28(32(3,4)5)36-29(39)23-11-8-21-12-13-33-25(21)14-23/h6-11,14,17-18,24,26,28,33,38H,12-13,15-16H2,1-5H3,(H,35,40)(H,36,39)/t18?,24-,26+,28?/m1/s1. The van der Waals surface area contributed by atoms with Crippen molar-refractivity contribution in [2.45, 2.75) is 71.7 Å². The molecule has 3 heterocycles. The number of nitrogens with one attached hydrogen (secondary N) is 3. The van der Waals surface area contributed by atoms with Crippen molar-refractivity contribution < 1.29 is 19.5 Å². The zero-order valence-corrected chi connectivity index (χ0v) is 25.5. The normalized spacial score (nSPS) is 19.5. The second kappa shape index (κ2) is 11.9. The van der Waals surface area contributed by atoms with Gasteiger partial charge in [0.25, 0.3) is 5.91 Å². The van der Waals surface area contributed by atoms with Gasteiger partial charge in [-0.1, -0.05) is 51.1 Å². The SMILES string of the molecule is Cc1ncsc1-c1ccc(C(C)NC(=O)[C@@H]2C[C@@H](O)CN2C(=O)C(NC(=O)c2ccc3c(c2)NCC3)C(C)(C)C)cc1. The quantitative estimate of drug-likeness (QED) is 0.330. The van der Waals surface area contributed by atoms with Gasteiger partial charge in [0.1, 0.15) is 12.1 Å². The minimum atomic E-state index is -0.896. The molecule has 1 aromatic heterocycles. The average Bonchev–Trinajstić information content (AvgIpc) is 3.69. The van der Waals surface area contributed by atoms with Crippen LogP contribution in [0.2, 0.25) is 0 Å². The zero-order chi connectivity index (χ0) is 30.2. The molecular formula is C32H39N5O4S.